The third-order valence-corrected chi connectivity index (χ3v) is 3.95. The fourth-order valence-corrected chi connectivity index (χ4v) is 2.25. The Morgan fingerprint density at radius 3 is 1.86 bits per heavy atom. The molecule has 0 aliphatic carbocycles. The van der Waals surface area contributed by atoms with Gasteiger partial charge in [-0.1, -0.05) is 78.5 Å². The van der Waals surface area contributed by atoms with E-state index < -0.39 is 0 Å². The van der Waals surface area contributed by atoms with Crippen molar-refractivity contribution < 1.29 is 0 Å². The number of benzene rings is 1. The molecule has 1 aromatic carbocycles. The van der Waals surface area contributed by atoms with E-state index in [1.165, 1.54) is 17.7 Å². The molecule has 0 radical (unpaired) electrons. The molecule has 0 unspecified atom stereocenters. The maximum absolute atomic E-state index is 4.19. The van der Waals surface area contributed by atoms with Crippen molar-refractivity contribution >= 4 is 11.3 Å². The summed E-state index contributed by atoms with van der Waals surface area (Å²) in [5, 5.41) is 3.42. The summed E-state index contributed by atoms with van der Waals surface area (Å²) in [6.07, 6.45) is 10.2. The molecule has 2 nitrogen and oxygen atoms in total. The van der Waals surface area contributed by atoms with Crippen LogP contribution in [-0.2, 0) is 0 Å². The predicted octanol–water partition coefficient (Wildman–Crippen LogP) is 8.13. The van der Waals surface area contributed by atoms with Crippen LogP contribution < -0.4 is 10.2 Å². The van der Waals surface area contributed by atoms with Crippen molar-refractivity contribution in [3.8, 4) is 0 Å². The minimum atomic E-state index is 0.892. The van der Waals surface area contributed by atoms with E-state index in [-0.39, 0.29) is 0 Å². The lowest BCUT2D eigenvalue weighted by Gasteiger charge is -2.16. The van der Waals surface area contributed by atoms with E-state index in [1.54, 1.807) is 0 Å². The largest absolute Gasteiger partial charge is 0.378 e. The van der Waals surface area contributed by atoms with Gasteiger partial charge in [-0.25, -0.2) is 0 Å². The number of hydrogen-bond donors (Lipinski definition) is 1. The summed E-state index contributed by atoms with van der Waals surface area (Å²) in [4.78, 5) is 2.10. The monoisotopic (exact) mass is 396 g/mol. The quantitative estimate of drug-likeness (QED) is 0.446. The van der Waals surface area contributed by atoms with Gasteiger partial charge in [-0.2, -0.15) is 0 Å². The van der Waals surface area contributed by atoms with Crippen LogP contribution in [0.1, 0.15) is 66.9 Å². The first-order valence-corrected chi connectivity index (χ1v) is 10.8. The molecule has 0 aromatic heterocycles. The molecule has 0 fully saturated rings. The Balaban J connectivity index is 0. The average Bonchev–Trinajstić information content (AvgIpc) is 2.75. The molecule has 1 aromatic rings. The number of nitrogens with zero attached hydrogens (tertiary/aromatic N) is 1. The Morgan fingerprint density at radius 1 is 1.00 bits per heavy atom. The lowest BCUT2D eigenvalue weighted by atomic mass is 10.0. The van der Waals surface area contributed by atoms with Crippen LogP contribution in [-0.4, -0.2) is 14.1 Å². The molecule has 0 saturated heterocycles. The number of rotatable bonds is 8. The molecule has 0 saturated carbocycles. The fourth-order valence-electron chi connectivity index (χ4n) is 2.25. The SMILES string of the molecule is C=C/C(=C\C)N/C(=C/C(=C\C)c1ccc(N(C)C)cc1)C(=C)CC.CC.CCC. The highest BCUT2D eigenvalue weighted by Gasteiger charge is 2.06. The minimum absolute atomic E-state index is 0.892. The summed E-state index contributed by atoms with van der Waals surface area (Å²) in [6, 6.07) is 8.57. The van der Waals surface area contributed by atoms with Gasteiger partial charge in [0, 0.05) is 31.2 Å². The molecule has 0 bridgehead atoms. The highest BCUT2D eigenvalue weighted by Crippen LogP contribution is 2.23. The van der Waals surface area contributed by atoms with Gasteiger partial charge in [0.2, 0.25) is 0 Å². The van der Waals surface area contributed by atoms with Crippen LogP contribution in [0.15, 0.2) is 78.7 Å². The molecule has 0 aliphatic rings. The summed E-state index contributed by atoms with van der Waals surface area (Å²) >= 11 is 0. The molecule has 29 heavy (non-hydrogen) atoms. The Hall–Kier alpha value is -2.48. The second-order valence-electron chi connectivity index (χ2n) is 6.48. The summed E-state index contributed by atoms with van der Waals surface area (Å²) in [7, 11) is 4.10. The zero-order valence-corrected chi connectivity index (χ0v) is 20.4. The van der Waals surface area contributed by atoms with E-state index in [0.29, 0.717) is 0 Å². The van der Waals surface area contributed by atoms with Gasteiger partial charge in [-0.05, 0) is 61.3 Å². The maximum atomic E-state index is 4.19. The van der Waals surface area contributed by atoms with Gasteiger partial charge in [-0.3, -0.25) is 0 Å². The fraction of sp³-hybridized carbons (Fsp3) is 0.407. The Labute approximate surface area is 181 Å². The third-order valence-electron chi connectivity index (χ3n) is 3.95. The van der Waals surface area contributed by atoms with Crippen molar-refractivity contribution in [1.82, 2.24) is 5.32 Å². The molecule has 1 N–H and O–H groups in total. The topological polar surface area (TPSA) is 15.3 Å². The molecule has 0 aliphatic heterocycles. The maximum Gasteiger partial charge on any atom is 0.0416 e. The van der Waals surface area contributed by atoms with Crippen molar-refractivity contribution in [3.63, 3.8) is 0 Å². The Kier molecular flexibility index (Phi) is 17.4. The smallest absolute Gasteiger partial charge is 0.0416 e. The van der Waals surface area contributed by atoms with Gasteiger partial charge in [0.05, 0.1) is 0 Å². The van der Waals surface area contributed by atoms with Gasteiger partial charge in [-0.15, -0.1) is 0 Å². The van der Waals surface area contributed by atoms with Crippen molar-refractivity contribution in [2.24, 2.45) is 0 Å². The van der Waals surface area contributed by atoms with Crippen LogP contribution in [0, 0.1) is 0 Å². The van der Waals surface area contributed by atoms with Gasteiger partial charge in [0.15, 0.2) is 0 Å². The number of hydrogen-bond acceptors (Lipinski definition) is 2. The number of allylic oxidation sites excluding steroid dienone is 6. The predicted molar refractivity (Wildman–Crippen MR) is 136 cm³/mol. The zero-order valence-electron chi connectivity index (χ0n) is 20.4. The molecule has 1 rings (SSSR count). The van der Waals surface area contributed by atoms with Crippen LogP contribution in [0.4, 0.5) is 5.69 Å². The van der Waals surface area contributed by atoms with E-state index in [0.717, 1.165) is 29.0 Å². The molecule has 2 heteroatoms. The van der Waals surface area contributed by atoms with Crippen LogP contribution >= 0.6 is 0 Å². The van der Waals surface area contributed by atoms with Crippen molar-refractivity contribution in [3.05, 3.63) is 84.3 Å². The van der Waals surface area contributed by atoms with Gasteiger partial charge >= 0.3 is 0 Å². The standard InChI is InChI=1S/C22H30N2.C3H8.C2H6/c1-8-17(5)22(23-20(10-3)11-4)16-18(9-2)19-12-14-21(15-13-19)24(6)7;1-3-2;1-2/h9-16,23H,3,5,8H2,1-2,4,6-7H3;3H2,1-2H3;1-2H3/b18-9+,20-11+,22-16+;;. The third kappa shape index (κ3) is 11.2. The summed E-state index contributed by atoms with van der Waals surface area (Å²) < 4.78 is 0. The molecular formula is C27H44N2. The molecule has 0 amide bonds. The first kappa shape index (κ1) is 28.7. The van der Waals surface area contributed by atoms with Gasteiger partial charge in [0.1, 0.15) is 0 Å². The van der Waals surface area contributed by atoms with Crippen molar-refractivity contribution in [2.75, 3.05) is 19.0 Å². The van der Waals surface area contributed by atoms with Gasteiger partial charge < -0.3 is 10.2 Å². The van der Waals surface area contributed by atoms with Crippen molar-refractivity contribution in [1.29, 1.82) is 0 Å². The molecule has 162 valence electrons. The first-order chi connectivity index (χ1) is 13.9. The summed E-state index contributed by atoms with van der Waals surface area (Å²) in [5.74, 6) is 0. The molecule has 0 heterocycles. The molecule has 0 atom stereocenters. The van der Waals surface area contributed by atoms with Crippen LogP contribution in [0.25, 0.3) is 5.57 Å². The second kappa shape index (κ2) is 17.6. The van der Waals surface area contributed by atoms with E-state index in [4.69, 9.17) is 0 Å². The highest BCUT2D eigenvalue weighted by atomic mass is 15.1. The van der Waals surface area contributed by atoms with E-state index in [2.05, 4.69) is 87.5 Å². The summed E-state index contributed by atoms with van der Waals surface area (Å²) in [5.41, 5.74) is 6.62. The van der Waals surface area contributed by atoms with E-state index in [9.17, 15) is 0 Å². The van der Waals surface area contributed by atoms with Gasteiger partial charge in [0.25, 0.3) is 0 Å². The van der Waals surface area contributed by atoms with Crippen molar-refractivity contribution in [2.45, 2.75) is 61.3 Å². The lowest BCUT2D eigenvalue weighted by molar-refractivity contribution is 0.967. The minimum Gasteiger partial charge on any atom is -0.378 e. The van der Waals surface area contributed by atoms with E-state index >= 15 is 0 Å². The molecule has 0 spiro atoms. The number of nitrogens with one attached hydrogen (secondary N) is 1. The van der Waals surface area contributed by atoms with E-state index in [1.807, 2.05) is 47.0 Å². The van der Waals surface area contributed by atoms with Crippen LogP contribution in [0.5, 0.6) is 0 Å². The first-order valence-electron chi connectivity index (χ1n) is 10.8. The lowest BCUT2D eigenvalue weighted by Crippen LogP contribution is -2.13. The highest BCUT2D eigenvalue weighted by molar-refractivity contribution is 5.76. The number of anilines is 1. The summed E-state index contributed by atoms with van der Waals surface area (Å²) in [6.45, 7) is 22.4. The zero-order chi connectivity index (χ0) is 22.8. The Bertz CT molecular complexity index is 671. The van der Waals surface area contributed by atoms with Crippen LogP contribution in [0.2, 0.25) is 0 Å². The molecular weight excluding hydrogens is 352 g/mol. The second-order valence-corrected chi connectivity index (χ2v) is 6.48. The average molecular weight is 397 g/mol. The normalized spacial score (nSPS) is 11.4. The Morgan fingerprint density at radius 2 is 1.52 bits per heavy atom. The van der Waals surface area contributed by atoms with Crippen LogP contribution in [0.3, 0.4) is 0 Å².